The fraction of sp³-hybridized carbons (Fsp3) is 0.294. The molecule has 0 atom stereocenters. The van der Waals surface area contributed by atoms with E-state index < -0.39 is 6.09 Å². The minimum atomic E-state index is -0.547. The number of nitrogens with one attached hydrogen (secondary N) is 1. The largest absolute Gasteiger partial charge is 0.453 e. The molecule has 24 heavy (non-hydrogen) atoms. The first-order chi connectivity index (χ1) is 11.7. The van der Waals surface area contributed by atoms with Crippen LogP contribution in [-0.2, 0) is 4.74 Å². The molecule has 126 valence electrons. The Bertz CT molecular complexity index is 700. The Kier molecular flexibility index (Phi) is 4.79. The van der Waals surface area contributed by atoms with Crippen LogP contribution in [0.1, 0.15) is 0 Å². The molecule has 1 aromatic carbocycles. The first-order valence-electron chi connectivity index (χ1n) is 7.73. The van der Waals surface area contributed by atoms with Crippen LogP contribution in [0.5, 0.6) is 0 Å². The number of pyridine rings is 1. The van der Waals surface area contributed by atoms with Gasteiger partial charge >= 0.3 is 6.09 Å². The van der Waals surface area contributed by atoms with E-state index in [1.807, 2.05) is 17.0 Å². The van der Waals surface area contributed by atoms with Gasteiger partial charge in [0.05, 0.1) is 24.7 Å². The summed E-state index contributed by atoms with van der Waals surface area (Å²) in [5.74, 6) is 0.251. The fourth-order valence-electron chi connectivity index (χ4n) is 2.72. The summed E-state index contributed by atoms with van der Waals surface area (Å²) in [5, 5.41) is 2.52. The van der Waals surface area contributed by atoms with Crippen LogP contribution in [0.4, 0.5) is 26.4 Å². The number of rotatable bonds is 3. The monoisotopic (exact) mass is 330 g/mol. The third-order valence-corrected chi connectivity index (χ3v) is 4.00. The van der Waals surface area contributed by atoms with Gasteiger partial charge in [-0.15, -0.1) is 0 Å². The van der Waals surface area contributed by atoms with Crippen LogP contribution in [0.15, 0.2) is 42.6 Å². The first kappa shape index (κ1) is 16.0. The number of halogens is 1. The molecule has 1 aliphatic heterocycles. The number of para-hydroxylation sites is 1. The quantitative estimate of drug-likeness (QED) is 0.938. The van der Waals surface area contributed by atoms with Gasteiger partial charge in [-0.1, -0.05) is 12.1 Å². The molecule has 1 aromatic heterocycles. The fourth-order valence-corrected chi connectivity index (χ4v) is 2.72. The molecule has 0 saturated carbocycles. The number of hydrogen-bond acceptors (Lipinski definition) is 5. The van der Waals surface area contributed by atoms with Gasteiger partial charge in [-0.2, -0.15) is 0 Å². The molecule has 1 N–H and O–H groups in total. The van der Waals surface area contributed by atoms with E-state index in [4.69, 9.17) is 0 Å². The lowest BCUT2D eigenvalue weighted by Gasteiger charge is -2.37. The summed E-state index contributed by atoms with van der Waals surface area (Å²) < 4.78 is 18.4. The Morgan fingerprint density at radius 1 is 1.12 bits per heavy atom. The first-order valence-corrected chi connectivity index (χ1v) is 7.73. The van der Waals surface area contributed by atoms with Crippen LogP contribution in [0.3, 0.4) is 0 Å². The average molecular weight is 330 g/mol. The Morgan fingerprint density at radius 2 is 1.83 bits per heavy atom. The molecule has 1 aliphatic rings. The minimum Gasteiger partial charge on any atom is -0.453 e. The van der Waals surface area contributed by atoms with Gasteiger partial charge in [-0.05, 0) is 24.3 Å². The highest BCUT2D eigenvalue weighted by atomic mass is 19.1. The predicted octanol–water partition coefficient (Wildman–Crippen LogP) is 2.73. The molecule has 0 aliphatic carbocycles. The zero-order chi connectivity index (χ0) is 16.9. The molecule has 6 nitrogen and oxygen atoms in total. The number of nitrogens with zero attached hydrogens (tertiary/aromatic N) is 3. The van der Waals surface area contributed by atoms with Gasteiger partial charge in [0.2, 0.25) is 0 Å². The number of methoxy groups -OCH3 is 1. The number of benzene rings is 1. The lowest BCUT2D eigenvalue weighted by molar-refractivity contribution is 0.187. The zero-order valence-electron chi connectivity index (χ0n) is 13.4. The third-order valence-electron chi connectivity index (χ3n) is 4.00. The van der Waals surface area contributed by atoms with Gasteiger partial charge in [0, 0.05) is 26.2 Å². The lowest BCUT2D eigenvalue weighted by Crippen LogP contribution is -2.46. The van der Waals surface area contributed by atoms with Crippen LogP contribution in [-0.4, -0.2) is 44.4 Å². The van der Waals surface area contributed by atoms with E-state index in [0.29, 0.717) is 11.5 Å². The summed E-state index contributed by atoms with van der Waals surface area (Å²) >= 11 is 0. The molecule has 0 unspecified atom stereocenters. The second-order valence-corrected chi connectivity index (χ2v) is 5.44. The van der Waals surface area contributed by atoms with E-state index in [-0.39, 0.29) is 5.82 Å². The van der Waals surface area contributed by atoms with Crippen molar-refractivity contribution in [2.75, 3.05) is 48.4 Å². The highest BCUT2D eigenvalue weighted by Gasteiger charge is 2.19. The van der Waals surface area contributed by atoms with E-state index in [9.17, 15) is 9.18 Å². The number of carbonyl (C=O) groups excluding carboxylic acids is 1. The number of piperazine rings is 1. The molecule has 2 aromatic rings. The molecular weight excluding hydrogens is 311 g/mol. The van der Waals surface area contributed by atoms with Crippen LogP contribution < -0.4 is 15.1 Å². The van der Waals surface area contributed by atoms with Crippen molar-refractivity contribution in [2.24, 2.45) is 0 Å². The van der Waals surface area contributed by atoms with E-state index in [1.165, 1.54) is 13.2 Å². The van der Waals surface area contributed by atoms with Gasteiger partial charge in [0.1, 0.15) is 11.6 Å². The van der Waals surface area contributed by atoms with Crippen LogP contribution >= 0.6 is 0 Å². The summed E-state index contributed by atoms with van der Waals surface area (Å²) in [6.45, 7) is 3.03. The molecule has 0 spiro atoms. The van der Waals surface area contributed by atoms with Crippen LogP contribution in [0, 0.1) is 5.82 Å². The number of amides is 1. The summed E-state index contributed by atoms with van der Waals surface area (Å²) in [6, 6.07) is 10.5. The van der Waals surface area contributed by atoms with Gasteiger partial charge in [-0.3, -0.25) is 5.32 Å². The van der Waals surface area contributed by atoms with Gasteiger partial charge in [0.25, 0.3) is 0 Å². The number of hydrogen-bond donors (Lipinski definition) is 1. The van der Waals surface area contributed by atoms with E-state index >= 15 is 0 Å². The number of aromatic nitrogens is 1. The predicted molar refractivity (Wildman–Crippen MR) is 91.1 cm³/mol. The van der Waals surface area contributed by atoms with Crippen molar-refractivity contribution in [3.05, 3.63) is 48.4 Å². The maximum atomic E-state index is 13.9. The van der Waals surface area contributed by atoms with Crippen molar-refractivity contribution in [1.82, 2.24) is 4.98 Å². The van der Waals surface area contributed by atoms with Crippen LogP contribution in [0.25, 0.3) is 0 Å². The Hall–Kier alpha value is -2.83. The molecular formula is C17H19FN4O2. The smallest absolute Gasteiger partial charge is 0.412 e. The minimum absolute atomic E-state index is 0.189. The van der Waals surface area contributed by atoms with E-state index in [1.54, 1.807) is 24.4 Å². The normalized spacial score (nSPS) is 14.4. The standard InChI is InChI=1S/C17H19FN4O2/c1-24-17(23)20-16-7-6-13(12-19-16)21-8-10-22(11-9-21)15-5-3-2-4-14(15)18/h2-7,12H,8-11H2,1H3,(H,19,20,23). The molecule has 0 radical (unpaired) electrons. The molecule has 0 bridgehead atoms. The Balaban J connectivity index is 1.60. The molecule has 1 amide bonds. The van der Waals surface area contributed by atoms with Crippen molar-refractivity contribution < 1.29 is 13.9 Å². The summed E-state index contributed by atoms with van der Waals surface area (Å²) in [6.07, 6.45) is 1.16. The third kappa shape index (κ3) is 3.56. The number of ether oxygens (including phenoxy) is 1. The topological polar surface area (TPSA) is 57.7 Å². The van der Waals surface area contributed by atoms with Crippen molar-refractivity contribution in [3.63, 3.8) is 0 Å². The Morgan fingerprint density at radius 3 is 2.46 bits per heavy atom. The van der Waals surface area contributed by atoms with Gasteiger partial charge in [-0.25, -0.2) is 14.2 Å². The molecule has 2 heterocycles. The number of anilines is 3. The van der Waals surface area contributed by atoms with Crippen LogP contribution in [0.2, 0.25) is 0 Å². The summed E-state index contributed by atoms with van der Waals surface area (Å²) in [5.41, 5.74) is 1.62. The Labute approximate surface area is 139 Å². The molecule has 1 saturated heterocycles. The molecule has 3 rings (SSSR count). The maximum absolute atomic E-state index is 13.9. The van der Waals surface area contributed by atoms with Crippen molar-refractivity contribution in [2.45, 2.75) is 0 Å². The van der Waals surface area contributed by atoms with Crippen molar-refractivity contribution in [1.29, 1.82) is 0 Å². The number of carbonyl (C=O) groups is 1. The lowest BCUT2D eigenvalue weighted by atomic mass is 10.2. The molecule has 1 fully saturated rings. The molecule has 7 heteroatoms. The van der Waals surface area contributed by atoms with Crippen molar-refractivity contribution >= 4 is 23.3 Å². The summed E-state index contributed by atoms with van der Waals surface area (Å²) in [7, 11) is 1.30. The van der Waals surface area contributed by atoms with E-state index in [0.717, 1.165) is 31.9 Å². The van der Waals surface area contributed by atoms with E-state index in [2.05, 4.69) is 19.9 Å². The van der Waals surface area contributed by atoms with Crippen molar-refractivity contribution in [3.8, 4) is 0 Å². The van der Waals surface area contributed by atoms with Gasteiger partial charge < -0.3 is 14.5 Å². The highest BCUT2D eigenvalue weighted by Crippen LogP contribution is 2.23. The van der Waals surface area contributed by atoms with Gasteiger partial charge in [0.15, 0.2) is 0 Å². The maximum Gasteiger partial charge on any atom is 0.412 e. The second-order valence-electron chi connectivity index (χ2n) is 5.44. The highest BCUT2D eigenvalue weighted by molar-refractivity contribution is 5.83. The summed E-state index contributed by atoms with van der Waals surface area (Å²) in [4.78, 5) is 19.6. The zero-order valence-corrected chi connectivity index (χ0v) is 13.4. The average Bonchev–Trinajstić information content (AvgIpc) is 2.63. The second kappa shape index (κ2) is 7.16. The SMILES string of the molecule is COC(=O)Nc1ccc(N2CCN(c3ccccc3F)CC2)cn1.